The van der Waals surface area contributed by atoms with E-state index in [-0.39, 0.29) is 5.97 Å². The van der Waals surface area contributed by atoms with Crippen LogP contribution in [0.15, 0.2) is 0 Å². The van der Waals surface area contributed by atoms with Gasteiger partial charge in [0.1, 0.15) is 0 Å². The van der Waals surface area contributed by atoms with Crippen molar-refractivity contribution in [1.82, 2.24) is 0 Å². The summed E-state index contributed by atoms with van der Waals surface area (Å²) in [6.07, 6.45) is 18.5. The second kappa shape index (κ2) is 15.0. The van der Waals surface area contributed by atoms with Crippen LogP contribution in [-0.4, -0.2) is 23.7 Å². The van der Waals surface area contributed by atoms with Crippen molar-refractivity contribution < 1.29 is 19.4 Å². The summed E-state index contributed by atoms with van der Waals surface area (Å²) < 4.78 is 5.35. The van der Waals surface area contributed by atoms with Crippen LogP contribution in [0.5, 0.6) is 0 Å². The summed E-state index contributed by atoms with van der Waals surface area (Å²) >= 11 is 0. The van der Waals surface area contributed by atoms with Crippen LogP contribution in [0, 0.1) is 11.8 Å². The maximum Gasteiger partial charge on any atom is 0.309 e. The van der Waals surface area contributed by atoms with Gasteiger partial charge in [0.15, 0.2) is 0 Å². The molecule has 0 saturated heterocycles. The van der Waals surface area contributed by atoms with Gasteiger partial charge in [-0.15, -0.1) is 0 Å². The van der Waals surface area contributed by atoms with E-state index in [4.69, 9.17) is 4.74 Å². The molecule has 1 N–H and O–H groups in total. The number of rotatable bonds is 15. The zero-order chi connectivity index (χ0) is 19.0. The van der Waals surface area contributed by atoms with Gasteiger partial charge in [0, 0.05) is 0 Å². The molecule has 0 unspecified atom stereocenters. The number of esters is 1. The summed E-state index contributed by atoms with van der Waals surface area (Å²) in [4.78, 5) is 23.4. The molecule has 2 atom stereocenters. The number of hydrogen-bond acceptors (Lipinski definition) is 3. The molecule has 1 aliphatic carbocycles. The maximum atomic E-state index is 12.1. The summed E-state index contributed by atoms with van der Waals surface area (Å²) in [5.74, 6) is -2.12. The third kappa shape index (κ3) is 10.2. The van der Waals surface area contributed by atoms with Crippen LogP contribution >= 0.6 is 0 Å². The van der Waals surface area contributed by atoms with Crippen LogP contribution in [0.2, 0.25) is 0 Å². The third-order valence-electron chi connectivity index (χ3n) is 5.63. The molecule has 1 aliphatic rings. The summed E-state index contributed by atoms with van der Waals surface area (Å²) in [5.41, 5.74) is 0. The number of carboxylic acids is 1. The summed E-state index contributed by atoms with van der Waals surface area (Å²) in [5, 5.41) is 9.23. The van der Waals surface area contributed by atoms with Gasteiger partial charge in [-0.05, 0) is 19.3 Å². The van der Waals surface area contributed by atoms with Crippen LogP contribution in [0.4, 0.5) is 0 Å². The summed E-state index contributed by atoms with van der Waals surface area (Å²) in [6, 6.07) is 0. The highest BCUT2D eigenvalue weighted by molar-refractivity contribution is 5.81. The van der Waals surface area contributed by atoms with E-state index in [9.17, 15) is 14.7 Å². The molecule has 1 fully saturated rings. The monoisotopic (exact) mass is 368 g/mol. The molecular formula is C22H40O4. The molecule has 0 aliphatic heterocycles. The molecular weight excluding hydrogens is 328 g/mol. The van der Waals surface area contributed by atoms with Crippen molar-refractivity contribution in [3.8, 4) is 0 Å². The lowest BCUT2D eigenvalue weighted by Crippen LogP contribution is -2.33. The molecule has 0 aromatic rings. The quantitative estimate of drug-likeness (QED) is 0.279. The average Bonchev–Trinajstić information content (AvgIpc) is 2.65. The van der Waals surface area contributed by atoms with Crippen molar-refractivity contribution in [1.29, 1.82) is 0 Å². The Labute approximate surface area is 160 Å². The van der Waals surface area contributed by atoms with Crippen molar-refractivity contribution in [2.75, 3.05) is 6.61 Å². The number of hydrogen-bond donors (Lipinski definition) is 1. The van der Waals surface area contributed by atoms with Crippen LogP contribution in [0.1, 0.15) is 110 Å². The maximum absolute atomic E-state index is 12.1. The minimum absolute atomic E-state index is 0.292. The molecule has 0 aromatic heterocycles. The number of carboxylic acid groups (broad SMARTS) is 1. The SMILES string of the molecule is CCCCCCCCCCCCCCOC(=O)[C@H]1CCCC[C@H]1C(=O)O. The second-order valence-electron chi connectivity index (χ2n) is 7.89. The topological polar surface area (TPSA) is 63.6 Å². The van der Waals surface area contributed by atoms with Gasteiger partial charge < -0.3 is 9.84 Å². The Morgan fingerprint density at radius 1 is 0.769 bits per heavy atom. The zero-order valence-corrected chi connectivity index (χ0v) is 16.8. The lowest BCUT2D eigenvalue weighted by Gasteiger charge is -2.26. The van der Waals surface area contributed by atoms with E-state index in [2.05, 4.69) is 6.92 Å². The Kier molecular flexibility index (Phi) is 13.3. The van der Waals surface area contributed by atoms with Crippen LogP contribution in [0.25, 0.3) is 0 Å². The fourth-order valence-electron chi connectivity index (χ4n) is 3.93. The number of carbonyl (C=O) groups is 2. The summed E-state index contributed by atoms with van der Waals surface area (Å²) in [6.45, 7) is 2.70. The minimum atomic E-state index is -0.850. The van der Waals surface area contributed by atoms with Crippen molar-refractivity contribution in [2.24, 2.45) is 11.8 Å². The van der Waals surface area contributed by atoms with Gasteiger partial charge in [0.25, 0.3) is 0 Å². The van der Waals surface area contributed by atoms with Crippen molar-refractivity contribution in [3.63, 3.8) is 0 Å². The molecule has 0 spiro atoms. The van der Waals surface area contributed by atoms with Crippen LogP contribution < -0.4 is 0 Å². The van der Waals surface area contributed by atoms with E-state index in [0.717, 1.165) is 25.7 Å². The number of ether oxygens (including phenoxy) is 1. The smallest absolute Gasteiger partial charge is 0.309 e. The minimum Gasteiger partial charge on any atom is -0.481 e. The van der Waals surface area contributed by atoms with Gasteiger partial charge >= 0.3 is 11.9 Å². The molecule has 1 saturated carbocycles. The largest absolute Gasteiger partial charge is 0.481 e. The first kappa shape index (κ1) is 23.0. The van der Waals surface area contributed by atoms with E-state index in [0.29, 0.717) is 19.4 Å². The highest BCUT2D eigenvalue weighted by Crippen LogP contribution is 2.31. The number of unbranched alkanes of at least 4 members (excludes halogenated alkanes) is 11. The van der Waals surface area contributed by atoms with Gasteiger partial charge in [0.05, 0.1) is 18.4 Å². The summed E-state index contributed by atoms with van der Waals surface area (Å²) in [7, 11) is 0. The van der Waals surface area contributed by atoms with Crippen molar-refractivity contribution in [2.45, 2.75) is 110 Å². The Bertz CT molecular complexity index is 380. The van der Waals surface area contributed by atoms with Crippen LogP contribution in [0.3, 0.4) is 0 Å². The molecule has 0 bridgehead atoms. The van der Waals surface area contributed by atoms with Crippen molar-refractivity contribution >= 4 is 11.9 Å². The van der Waals surface area contributed by atoms with E-state index < -0.39 is 17.8 Å². The van der Waals surface area contributed by atoms with Crippen molar-refractivity contribution in [3.05, 3.63) is 0 Å². The molecule has 4 heteroatoms. The first-order valence-corrected chi connectivity index (χ1v) is 11.1. The van der Waals surface area contributed by atoms with E-state index in [1.165, 1.54) is 64.2 Å². The predicted octanol–water partition coefficient (Wildman–Crippen LogP) is 6.12. The lowest BCUT2D eigenvalue weighted by molar-refractivity contribution is -0.159. The Hall–Kier alpha value is -1.06. The second-order valence-corrected chi connectivity index (χ2v) is 7.89. The Morgan fingerprint density at radius 2 is 1.23 bits per heavy atom. The molecule has 0 heterocycles. The zero-order valence-electron chi connectivity index (χ0n) is 16.8. The first-order valence-electron chi connectivity index (χ1n) is 11.1. The molecule has 0 radical (unpaired) electrons. The van der Waals surface area contributed by atoms with Gasteiger partial charge in [0.2, 0.25) is 0 Å². The molecule has 26 heavy (non-hydrogen) atoms. The molecule has 0 aromatic carbocycles. The molecule has 0 amide bonds. The highest BCUT2D eigenvalue weighted by Gasteiger charge is 2.36. The standard InChI is InChI=1S/C22H40O4/c1-2-3-4-5-6-7-8-9-10-11-12-15-18-26-22(25)20-17-14-13-16-19(20)21(23)24/h19-20H,2-18H2,1H3,(H,23,24)/t19-,20+/m1/s1. The average molecular weight is 369 g/mol. The predicted molar refractivity (Wildman–Crippen MR) is 105 cm³/mol. The van der Waals surface area contributed by atoms with Gasteiger partial charge in [-0.2, -0.15) is 0 Å². The molecule has 1 rings (SSSR count). The van der Waals surface area contributed by atoms with E-state index >= 15 is 0 Å². The van der Waals surface area contributed by atoms with Gasteiger partial charge in [-0.25, -0.2) is 0 Å². The van der Waals surface area contributed by atoms with E-state index in [1.54, 1.807) is 0 Å². The Morgan fingerprint density at radius 3 is 1.73 bits per heavy atom. The highest BCUT2D eigenvalue weighted by atomic mass is 16.5. The Balaban J connectivity index is 1.93. The fraction of sp³-hybridized carbons (Fsp3) is 0.909. The molecule has 152 valence electrons. The van der Waals surface area contributed by atoms with E-state index in [1.807, 2.05) is 0 Å². The lowest BCUT2D eigenvalue weighted by atomic mass is 9.79. The first-order chi connectivity index (χ1) is 12.7. The third-order valence-corrected chi connectivity index (χ3v) is 5.63. The number of carbonyl (C=O) groups excluding carboxylic acids is 1. The fourth-order valence-corrected chi connectivity index (χ4v) is 3.93. The molecule has 4 nitrogen and oxygen atoms in total. The number of aliphatic carboxylic acids is 1. The van der Waals surface area contributed by atoms with Crippen LogP contribution in [-0.2, 0) is 14.3 Å². The van der Waals surface area contributed by atoms with Gasteiger partial charge in [-0.3, -0.25) is 9.59 Å². The normalized spacial score (nSPS) is 20.0. The van der Waals surface area contributed by atoms with Gasteiger partial charge in [-0.1, -0.05) is 90.4 Å².